The zero-order chi connectivity index (χ0) is 9.80. The molecule has 0 atom stereocenters. The number of aliphatic imine (C=N–C) groups is 1. The van der Waals surface area contributed by atoms with Crippen LogP contribution in [0.3, 0.4) is 0 Å². The summed E-state index contributed by atoms with van der Waals surface area (Å²) >= 11 is 0. The molecule has 0 aromatic heterocycles. The molecular weight excluding hydrogens is 174 g/mol. The minimum atomic E-state index is 0.866. The molecule has 1 aliphatic heterocycles. The molecule has 0 N–H and O–H groups in total. The predicted molar refractivity (Wildman–Crippen MR) is 58.6 cm³/mol. The van der Waals surface area contributed by atoms with Crippen molar-refractivity contribution in [3.63, 3.8) is 0 Å². The molecule has 0 saturated heterocycles. The first-order chi connectivity index (χ1) is 6.88. The number of ether oxygens (including phenoxy) is 1. The molecule has 70 valence electrons. The van der Waals surface area contributed by atoms with Crippen LogP contribution in [0, 0.1) is 0 Å². The molecule has 1 heterocycles. The second-order valence-electron chi connectivity index (χ2n) is 2.98. The Kier molecular flexibility index (Phi) is 2.45. The first-order valence-electron chi connectivity index (χ1n) is 4.45. The maximum Gasteiger partial charge on any atom is 0.119 e. The number of rotatable bonds is 2. The van der Waals surface area contributed by atoms with E-state index in [1.807, 2.05) is 42.5 Å². The molecule has 0 radical (unpaired) electrons. The fraction of sp³-hybridized carbons (Fsp3) is 0.0833. The molecule has 0 unspecified atom stereocenters. The van der Waals surface area contributed by atoms with E-state index in [0.29, 0.717) is 0 Å². The van der Waals surface area contributed by atoms with E-state index in [2.05, 4.69) is 4.99 Å². The molecule has 14 heavy (non-hydrogen) atoms. The smallest absolute Gasteiger partial charge is 0.119 e. The van der Waals surface area contributed by atoms with E-state index in [-0.39, 0.29) is 0 Å². The molecule has 2 heteroatoms. The van der Waals surface area contributed by atoms with Crippen LogP contribution < -0.4 is 4.74 Å². The van der Waals surface area contributed by atoms with Crippen LogP contribution in [-0.2, 0) is 0 Å². The average Bonchev–Trinajstić information content (AvgIpc) is 2.71. The van der Waals surface area contributed by atoms with Crippen molar-refractivity contribution >= 4 is 12.3 Å². The van der Waals surface area contributed by atoms with Crippen molar-refractivity contribution in [2.24, 2.45) is 4.99 Å². The van der Waals surface area contributed by atoms with Crippen LogP contribution in [0.25, 0.3) is 6.08 Å². The summed E-state index contributed by atoms with van der Waals surface area (Å²) in [6.45, 7) is 0. The van der Waals surface area contributed by atoms with Crippen LogP contribution in [0.1, 0.15) is 5.56 Å². The van der Waals surface area contributed by atoms with Gasteiger partial charge < -0.3 is 4.74 Å². The Morgan fingerprint density at radius 1 is 1.36 bits per heavy atom. The number of nitrogens with zero attached hydrogens (tertiary/aromatic N) is 1. The Balaban J connectivity index is 2.28. The summed E-state index contributed by atoms with van der Waals surface area (Å²) in [6, 6.07) is 7.90. The lowest BCUT2D eigenvalue weighted by Gasteiger charge is -2.00. The van der Waals surface area contributed by atoms with Crippen molar-refractivity contribution in [3.05, 3.63) is 47.7 Å². The van der Waals surface area contributed by atoms with Crippen molar-refractivity contribution in [2.75, 3.05) is 7.11 Å². The van der Waals surface area contributed by atoms with Crippen LogP contribution >= 0.6 is 0 Å². The zero-order valence-electron chi connectivity index (χ0n) is 7.97. The first-order valence-corrected chi connectivity index (χ1v) is 4.45. The summed E-state index contributed by atoms with van der Waals surface area (Å²) in [4.78, 5) is 4.17. The Hall–Kier alpha value is -1.83. The summed E-state index contributed by atoms with van der Waals surface area (Å²) in [5.41, 5.74) is 2.07. The minimum Gasteiger partial charge on any atom is -0.497 e. The van der Waals surface area contributed by atoms with Crippen LogP contribution in [-0.4, -0.2) is 13.3 Å². The quantitative estimate of drug-likeness (QED) is 0.694. The first kappa shape index (κ1) is 8.75. The van der Waals surface area contributed by atoms with Crippen LogP contribution in [0.15, 0.2) is 47.1 Å². The Labute approximate surface area is 83.2 Å². The highest BCUT2D eigenvalue weighted by molar-refractivity contribution is 5.79. The highest BCUT2D eigenvalue weighted by atomic mass is 16.5. The van der Waals surface area contributed by atoms with E-state index in [1.165, 1.54) is 0 Å². The maximum atomic E-state index is 5.13. The molecule has 0 bridgehead atoms. The van der Waals surface area contributed by atoms with Gasteiger partial charge in [-0.05, 0) is 35.9 Å². The van der Waals surface area contributed by atoms with Crippen molar-refractivity contribution in [1.82, 2.24) is 0 Å². The molecule has 0 aliphatic carbocycles. The van der Waals surface area contributed by atoms with Crippen molar-refractivity contribution in [3.8, 4) is 5.75 Å². The van der Waals surface area contributed by atoms with Gasteiger partial charge in [0.2, 0.25) is 0 Å². The summed E-state index contributed by atoms with van der Waals surface area (Å²) in [7, 11) is 1.67. The van der Waals surface area contributed by atoms with Gasteiger partial charge in [0.1, 0.15) is 5.75 Å². The van der Waals surface area contributed by atoms with Gasteiger partial charge in [0.05, 0.1) is 12.8 Å². The summed E-state index contributed by atoms with van der Waals surface area (Å²) in [5.74, 6) is 0.866. The molecule has 2 nitrogen and oxygen atoms in total. The van der Waals surface area contributed by atoms with E-state index in [0.717, 1.165) is 17.0 Å². The zero-order valence-corrected chi connectivity index (χ0v) is 7.97. The molecular formula is C12H11NO. The van der Waals surface area contributed by atoms with Crippen LogP contribution in [0.2, 0.25) is 0 Å². The lowest BCUT2D eigenvalue weighted by atomic mass is 10.2. The molecule has 0 saturated carbocycles. The highest BCUT2D eigenvalue weighted by Crippen LogP contribution is 2.16. The standard InChI is InChI=1S/C12H11NO/c1-14-12-6-2-4-10(9-12)8-11-5-3-7-13-11/h2-9H,1H3/b11-8+. The van der Waals surface area contributed by atoms with Gasteiger partial charge in [-0.1, -0.05) is 12.1 Å². The fourth-order valence-electron chi connectivity index (χ4n) is 1.30. The van der Waals surface area contributed by atoms with Gasteiger partial charge in [-0.2, -0.15) is 0 Å². The summed E-state index contributed by atoms with van der Waals surface area (Å²) < 4.78 is 5.13. The van der Waals surface area contributed by atoms with Gasteiger partial charge in [0, 0.05) is 6.21 Å². The van der Waals surface area contributed by atoms with E-state index in [9.17, 15) is 0 Å². The molecule has 1 aromatic rings. The summed E-state index contributed by atoms with van der Waals surface area (Å²) in [5, 5.41) is 0. The second-order valence-corrected chi connectivity index (χ2v) is 2.98. The summed E-state index contributed by atoms with van der Waals surface area (Å²) in [6.07, 6.45) is 7.69. The number of methoxy groups -OCH3 is 1. The number of hydrogen-bond acceptors (Lipinski definition) is 2. The third-order valence-corrected chi connectivity index (χ3v) is 1.99. The highest BCUT2D eigenvalue weighted by Gasteiger charge is 1.96. The monoisotopic (exact) mass is 185 g/mol. The minimum absolute atomic E-state index is 0.866. The molecule has 2 rings (SSSR count). The molecule has 1 aliphatic rings. The third kappa shape index (κ3) is 1.91. The van der Waals surface area contributed by atoms with E-state index >= 15 is 0 Å². The predicted octanol–water partition coefficient (Wildman–Crippen LogP) is 2.68. The number of benzene rings is 1. The third-order valence-electron chi connectivity index (χ3n) is 1.99. The Bertz CT molecular complexity index is 402. The van der Waals surface area contributed by atoms with E-state index in [4.69, 9.17) is 4.74 Å². The van der Waals surface area contributed by atoms with E-state index < -0.39 is 0 Å². The van der Waals surface area contributed by atoms with Crippen molar-refractivity contribution < 1.29 is 4.74 Å². The van der Waals surface area contributed by atoms with Gasteiger partial charge in [0.15, 0.2) is 0 Å². The molecule has 1 aromatic carbocycles. The average molecular weight is 185 g/mol. The largest absolute Gasteiger partial charge is 0.497 e. The van der Waals surface area contributed by atoms with Gasteiger partial charge in [-0.25, -0.2) is 0 Å². The Morgan fingerprint density at radius 2 is 2.29 bits per heavy atom. The van der Waals surface area contributed by atoms with Gasteiger partial charge in [-0.15, -0.1) is 0 Å². The second kappa shape index (κ2) is 3.92. The maximum absolute atomic E-state index is 5.13. The molecule has 0 amide bonds. The van der Waals surface area contributed by atoms with Crippen LogP contribution in [0.5, 0.6) is 5.75 Å². The lowest BCUT2D eigenvalue weighted by molar-refractivity contribution is 0.414. The fourth-order valence-corrected chi connectivity index (χ4v) is 1.30. The van der Waals surface area contributed by atoms with Crippen molar-refractivity contribution in [1.29, 1.82) is 0 Å². The lowest BCUT2D eigenvalue weighted by Crippen LogP contribution is -1.82. The molecule has 0 spiro atoms. The van der Waals surface area contributed by atoms with E-state index in [1.54, 1.807) is 13.3 Å². The molecule has 0 fully saturated rings. The Morgan fingerprint density at radius 3 is 3.00 bits per heavy atom. The topological polar surface area (TPSA) is 21.6 Å². The number of hydrogen-bond donors (Lipinski definition) is 0. The van der Waals surface area contributed by atoms with Gasteiger partial charge in [0.25, 0.3) is 0 Å². The van der Waals surface area contributed by atoms with Gasteiger partial charge >= 0.3 is 0 Å². The number of allylic oxidation sites excluding steroid dienone is 2. The van der Waals surface area contributed by atoms with Crippen LogP contribution in [0.4, 0.5) is 0 Å². The van der Waals surface area contributed by atoms with Gasteiger partial charge in [-0.3, -0.25) is 4.99 Å². The SMILES string of the molecule is COc1cccc(/C=C2\C=CC=N2)c1. The van der Waals surface area contributed by atoms with Crippen molar-refractivity contribution in [2.45, 2.75) is 0 Å². The normalized spacial score (nSPS) is 16.5.